The zero-order valence-corrected chi connectivity index (χ0v) is 10.2. The van der Waals surface area contributed by atoms with E-state index in [1.165, 1.54) is 24.8 Å². The summed E-state index contributed by atoms with van der Waals surface area (Å²) in [5, 5.41) is 9.13. The van der Waals surface area contributed by atoms with Crippen LogP contribution in [0.5, 0.6) is 0 Å². The highest BCUT2D eigenvalue weighted by Crippen LogP contribution is 2.26. The van der Waals surface area contributed by atoms with Crippen LogP contribution >= 0.6 is 0 Å². The summed E-state index contributed by atoms with van der Waals surface area (Å²) in [6.45, 7) is 2.29. The SMILES string of the molecule is NCc1ncccc1CN(CCO)C1CCC1. The molecule has 0 aliphatic heterocycles. The molecule has 4 nitrogen and oxygen atoms in total. The van der Waals surface area contributed by atoms with Crippen molar-refractivity contribution in [2.45, 2.75) is 38.4 Å². The summed E-state index contributed by atoms with van der Waals surface area (Å²) in [4.78, 5) is 6.65. The highest BCUT2D eigenvalue weighted by Gasteiger charge is 2.24. The third-order valence-corrected chi connectivity index (χ3v) is 3.53. The molecule has 0 aromatic carbocycles. The van der Waals surface area contributed by atoms with Crippen molar-refractivity contribution in [2.75, 3.05) is 13.2 Å². The number of hydrogen-bond donors (Lipinski definition) is 2. The van der Waals surface area contributed by atoms with Gasteiger partial charge in [-0.15, -0.1) is 0 Å². The molecule has 1 aliphatic carbocycles. The van der Waals surface area contributed by atoms with E-state index in [-0.39, 0.29) is 6.61 Å². The topological polar surface area (TPSA) is 62.4 Å². The van der Waals surface area contributed by atoms with E-state index >= 15 is 0 Å². The van der Waals surface area contributed by atoms with Crippen LogP contribution in [-0.4, -0.2) is 34.2 Å². The molecule has 1 saturated carbocycles. The van der Waals surface area contributed by atoms with Crippen molar-refractivity contribution in [1.29, 1.82) is 0 Å². The van der Waals surface area contributed by atoms with Gasteiger partial charge in [0.15, 0.2) is 0 Å². The standard InChI is InChI=1S/C13H21N3O/c14-9-13-11(3-2-6-15-13)10-16(7-8-17)12-4-1-5-12/h2-3,6,12,17H,1,4-5,7-10,14H2. The molecule has 3 N–H and O–H groups in total. The van der Waals surface area contributed by atoms with Crippen LogP contribution in [0.1, 0.15) is 30.5 Å². The van der Waals surface area contributed by atoms with Gasteiger partial charge in [0.05, 0.1) is 12.3 Å². The molecule has 4 heteroatoms. The van der Waals surface area contributed by atoms with E-state index in [0.717, 1.165) is 18.8 Å². The van der Waals surface area contributed by atoms with E-state index in [1.807, 2.05) is 6.07 Å². The third-order valence-electron chi connectivity index (χ3n) is 3.53. The maximum Gasteiger partial charge on any atom is 0.0584 e. The Bertz CT molecular complexity index is 352. The third kappa shape index (κ3) is 3.03. The Morgan fingerprint density at radius 1 is 1.47 bits per heavy atom. The number of aliphatic hydroxyl groups is 1. The zero-order chi connectivity index (χ0) is 12.1. The zero-order valence-electron chi connectivity index (χ0n) is 10.2. The molecule has 0 spiro atoms. The van der Waals surface area contributed by atoms with Gasteiger partial charge in [0, 0.05) is 31.9 Å². The molecule has 0 unspecified atom stereocenters. The highest BCUT2D eigenvalue weighted by molar-refractivity contribution is 5.19. The first kappa shape index (κ1) is 12.5. The van der Waals surface area contributed by atoms with Gasteiger partial charge in [-0.05, 0) is 24.5 Å². The number of rotatable bonds is 6. The van der Waals surface area contributed by atoms with Crippen molar-refractivity contribution in [1.82, 2.24) is 9.88 Å². The fourth-order valence-electron chi connectivity index (χ4n) is 2.29. The first-order chi connectivity index (χ1) is 8.35. The lowest BCUT2D eigenvalue weighted by atomic mass is 9.91. The Hall–Kier alpha value is -0.970. The van der Waals surface area contributed by atoms with Gasteiger partial charge in [-0.3, -0.25) is 9.88 Å². The second-order valence-corrected chi connectivity index (χ2v) is 4.59. The minimum absolute atomic E-state index is 0.217. The quantitative estimate of drug-likeness (QED) is 0.768. The van der Waals surface area contributed by atoms with Crippen LogP contribution in [0, 0.1) is 0 Å². The summed E-state index contributed by atoms with van der Waals surface area (Å²) in [6, 6.07) is 4.66. The molecule has 1 fully saturated rings. The van der Waals surface area contributed by atoms with Crippen molar-refractivity contribution in [3.63, 3.8) is 0 Å². The molecule has 1 aromatic rings. The second kappa shape index (κ2) is 6.10. The average molecular weight is 235 g/mol. The Kier molecular flexibility index (Phi) is 4.48. The summed E-state index contributed by atoms with van der Waals surface area (Å²) in [7, 11) is 0. The van der Waals surface area contributed by atoms with Gasteiger partial charge in [0.1, 0.15) is 0 Å². The smallest absolute Gasteiger partial charge is 0.0584 e. The van der Waals surface area contributed by atoms with E-state index in [0.29, 0.717) is 12.6 Å². The molecule has 1 heterocycles. The summed E-state index contributed by atoms with van der Waals surface area (Å²) < 4.78 is 0. The molecule has 0 saturated heterocycles. The molecule has 1 aromatic heterocycles. The van der Waals surface area contributed by atoms with Crippen LogP contribution in [0.15, 0.2) is 18.3 Å². The minimum atomic E-state index is 0.217. The summed E-state index contributed by atoms with van der Waals surface area (Å²) in [5.41, 5.74) is 7.85. The highest BCUT2D eigenvalue weighted by atomic mass is 16.3. The summed E-state index contributed by atoms with van der Waals surface area (Å²) >= 11 is 0. The maximum atomic E-state index is 9.13. The van der Waals surface area contributed by atoms with Crippen LogP contribution in [0.4, 0.5) is 0 Å². The fourth-order valence-corrected chi connectivity index (χ4v) is 2.29. The number of nitrogens with two attached hydrogens (primary N) is 1. The van der Waals surface area contributed by atoms with Gasteiger partial charge in [0.2, 0.25) is 0 Å². The molecule has 1 aliphatic rings. The van der Waals surface area contributed by atoms with Crippen molar-refractivity contribution in [3.8, 4) is 0 Å². The van der Waals surface area contributed by atoms with Gasteiger partial charge in [-0.1, -0.05) is 12.5 Å². The Morgan fingerprint density at radius 2 is 2.29 bits per heavy atom. The number of pyridine rings is 1. The van der Waals surface area contributed by atoms with E-state index < -0.39 is 0 Å². The molecule has 0 radical (unpaired) electrons. The number of aromatic nitrogens is 1. The monoisotopic (exact) mass is 235 g/mol. The Labute approximate surface area is 102 Å². The normalized spacial score (nSPS) is 16.2. The van der Waals surface area contributed by atoms with Crippen LogP contribution < -0.4 is 5.73 Å². The van der Waals surface area contributed by atoms with Crippen LogP contribution in [0.3, 0.4) is 0 Å². The molecule has 17 heavy (non-hydrogen) atoms. The lowest BCUT2D eigenvalue weighted by molar-refractivity contribution is 0.0942. The van der Waals surface area contributed by atoms with Crippen molar-refractivity contribution < 1.29 is 5.11 Å². The molecule has 2 rings (SSSR count). The summed E-state index contributed by atoms with van der Waals surface area (Å²) in [6.07, 6.45) is 5.59. The molecular formula is C13H21N3O. The van der Waals surface area contributed by atoms with Crippen LogP contribution in [-0.2, 0) is 13.1 Å². The van der Waals surface area contributed by atoms with Crippen molar-refractivity contribution in [3.05, 3.63) is 29.6 Å². The van der Waals surface area contributed by atoms with Crippen LogP contribution in [0.2, 0.25) is 0 Å². The van der Waals surface area contributed by atoms with E-state index in [4.69, 9.17) is 10.8 Å². The molecule has 0 bridgehead atoms. The minimum Gasteiger partial charge on any atom is -0.395 e. The lowest BCUT2D eigenvalue weighted by Gasteiger charge is -2.37. The molecule has 0 atom stereocenters. The lowest BCUT2D eigenvalue weighted by Crippen LogP contribution is -2.41. The predicted molar refractivity (Wildman–Crippen MR) is 67.3 cm³/mol. The average Bonchev–Trinajstić information content (AvgIpc) is 2.28. The first-order valence-electron chi connectivity index (χ1n) is 6.33. The first-order valence-corrected chi connectivity index (χ1v) is 6.33. The van der Waals surface area contributed by atoms with Gasteiger partial charge in [-0.25, -0.2) is 0 Å². The van der Waals surface area contributed by atoms with E-state index in [9.17, 15) is 0 Å². The van der Waals surface area contributed by atoms with Crippen molar-refractivity contribution >= 4 is 0 Å². The summed E-state index contributed by atoms with van der Waals surface area (Å²) in [5.74, 6) is 0. The predicted octanol–water partition coefficient (Wildman–Crippen LogP) is 0.887. The molecule has 0 amide bonds. The largest absolute Gasteiger partial charge is 0.395 e. The maximum absolute atomic E-state index is 9.13. The number of hydrogen-bond acceptors (Lipinski definition) is 4. The fraction of sp³-hybridized carbons (Fsp3) is 0.615. The Balaban J connectivity index is 2.05. The Morgan fingerprint density at radius 3 is 2.88 bits per heavy atom. The van der Waals surface area contributed by atoms with Gasteiger partial charge in [-0.2, -0.15) is 0 Å². The van der Waals surface area contributed by atoms with Crippen molar-refractivity contribution in [2.24, 2.45) is 5.73 Å². The van der Waals surface area contributed by atoms with E-state index in [2.05, 4.69) is 16.0 Å². The van der Waals surface area contributed by atoms with Gasteiger partial charge < -0.3 is 10.8 Å². The molecular weight excluding hydrogens is 214 g/mol. The van der Waals surface area contributed by atoms with Gasteiger partial charge in [0.25, 0.3) is 0 Å². The molecule has 94 valence electrons. The number of nitrogens with zero attached hydrogens (tertiary/aromatic N) is 2. The second-order valence-electron chi connectivity index (χ2n) is 4.59. The van der Waals surface area contributed by atoms with Crippen LogP contribution in [0.25, 0.3) is 0 Å². The number of aliphatic hydroxyl groups excluding tert-OH is 1. The van der Waals surface area contributed by atoms with E-state index in [1.54, 1.807) is 6.20 Å². The van der Waals surface area contributed by atoms with Gasteiger partial charge >= 0.3 is 0 Å².